The molecule has 0 saturated carbocycles. The first kappa shape index (κ1) is 21.3. The average molecular weight is 402 g/mol. The van der Waals surface area contributed by atoms with Gasteiger partial charge in [0.15, 0.2) is 0 Å². The molecule has 0 aromatic heterocycles. The third kappa shape index (κ3) is 6.31. The predicted molar refractivity (Wildman–Crippen MR) is 117 cm³/mol. The Kier molecular flexibility index (Phi) is 7.78. The lowest BCUT2D eigenvalue weighted by Gasteiger charge is -2.10. The first-order valence-corrected chi connectivity index (χ1v) is 10.3. The highest BCUT2D eigenvalue weighted by Gasteiger charge is 2.16. The molecule has 0 amide bonds. The molecule has 0 atom stereocenters. The van der Waals surface area contributed by atoms with E-state index in [0.717, 1.165) is 31.2 Å². The molecule has 3 aromatic rings. The van der Waals surface area contributed by atoms with Crippen molar-refractivity contribution in [3.63, 3.8) is 0 Å². The smallest absolute Gasteiger partial charge is 0.343 e. The summed E-state index contributed by atoms with van der Waals surface area (Å²) < 4.78 is 10.9. The molecule has 0 saturated heterocycles. The number of ether oxygens (including phenoxy) is 2. The Morgan fingerprint density at radius 3 is 1.63 bits per heavy atom. The molecular weight excluding hydrogens is 376 g/mol. The van der Waals surface area contributed by atoms with Crippen molar-refractivity contribution in [2.24, 2.45) is 0 Å². The molecule has 0 aliphatic carbocycles. The predicted octanol–water partition coefficient (Wildman–Crippen LogP) is 6.25. The van der Waals surface area contributed by atoms with Gasteiger partial charge in [-0.15, -0.1) is 0 Å². The standard InChI is InChI=1S/C26H26O4/c1-2-3-4-7-12-20-17-21(25(27)29-23-13-8-5-9-14-23)19-22(18-20)26(28)30-24-15-10-6-11-16-24/h5-6,8-11,13-19H,2-4,7,12H2,1H3. The number of carbonyl (C=O) groups excluding carboxylic acids is 2. The van der Waals surface area contributed by atoms with Crippen molar-refractivity contribution < 1.29 is 19.1 Å². The molecule has 0 bridgehead atoms. The van der Waals surface area contributed by atoms with Gasteiger partial charge in [0.05, 0.1) is 11.1 Å². The molecule has 0 spiro atoms. The Morgan fingerprint density at radius 2 is 1.17 bits per heavy atom. The molecule has 0 aliphatic heterocycles. The van der Waals surface area contributed by atoms with Gasteiger partial charge in [-0.25, -0.2) is 9.59 Å². The molecule has 30 heavy (non-hydrogen) atoms. The van der Waals surface area contributed by atoms with Crippen molar-refractivity contribution in [1.29, 1.82) is 0 Å². The van der Waals surface area contributed by atoms with Crippen LogP contribution in [0.3, 0.4) is 0 Å². The number of para-hydroxylation sites is 2. The second kappa shape index (κ2) is 11.0. The fourth-order valence-electron chi connectivity index (χ4n) is 3.14. The van der Waals surface area contributed by atoms with E-state index < -0.39 is 11.9 Å². The van der Waals surface area contributed by atoms with Gasteiger partial charge in [0.25, 0.3) is 0 Å². The van der Waals surface area contributed by atoms with Gasteiger partial charge in [-0.2, -0.15) is 0 Å². The molecule has 154 valence electrons. The van der Waals surface area contributed by atoms with Gasteiger partial charge < -0.3 is 9.47 Å². The third-order valence-electron chi connectivity index (χ3n) is 4.69. The fraction of sp³-hybridized carbons (Fsp3) is 0.231. The highest BCUT2D eigenvalue weighted by Crippen LogP contribution is 2.19. The van der Waals surface area contributed by atoms with E-state index in [1.54, 1.807) is 60.7 Å². The van der Waals surface area contributed by atoms with E-state index >= 15 is 0 Å². The molecule has 0 fully saturated rings. The summed E-state index contributed by atoms with van der Waals surface area (Å²) in [5.41, 5.74) is 1.60. The van der Waals surface area contributed by atoms with E-state index in [4.69, 9.17) is 9.47 Å². The molecule has 0 heterocycles. The van der Waals surface area contributed by atoms with Crippen LogP contribution in [0.15, 0.2) is 78.9 Å². The van der Waals surface area contributed by atoms with Gasteiger partial charge in [-0.05, 0) is 60.9 Å². The molecular formula is C26H26O4. The molecule has 0 unspecified atom stereocenters. The van der Waals surface area contributed by atoms with Crippen LogP contribution in [0, 0.1) is 0 Å². The average Bonchev–Trinajstić information content (AvgIpc) is 2.78. The maximum absolute atomic E-state index is 12.7. The summed E-state index contributed by atoms with van der Waals surface area (Å²) in [4.78, 5) is 25.4. The van der Waals surface area contributed by atoms with Gasteiger partial charge >= 0.3 is 11.9 Å². The number of esters is 2. The van der Waals surface area contributed by atoms with Gasteiger partial charge in [-0.3, -0.25) is 0 Å². The minimum absolute atomic E-state index is 0.340. The molecule has 4 heteroatoms. The number of hydrogen-bond acceptors (Lipinski definition) is 4. The summed E-state index contributed by atoms with van der Waals surface area (Å²) in [6.07, 6.45) is 5.21. The number of unbranched alkanes of at least 4 members (excludes halogenated alkanes) is 3. The highest BCUT2D eigenvalue weighted by molar-refractivity contribution is 5.97. The van der Waals surface area contributed by atoms with Crippen molar-refractivity contribution in [3.8, 4) is 11.5 Å². The van der Waals surface area contributed by atoms with Crippen molar-refractivity contribution >= 4 is 11.9 Å². The van der Waals surface area contributed by atoms with Crippen molar-refractivity contribution in [3.05, 3.63) is 95.6 Å². The lowest BCUT2D eigenvalue weighted by Crippen LogP contribution is -2.13. The quantitative estimate of drug-likeness (QED) is 0.241. The van der Waals surface area contributed by atoms with E-state index in [-0.39, 0.29) is 0 Å². The lowest BCUT2D eigenvalue weighted by atomic mass is 10.0. The second-order valence-electron chi connectivity index (χ2n) is 7.13. The van der Waals surface area contributed by atoms with Crippen LogP contribution in [0.1, 0.15) is 58.9 Å². The Morgan fingerprint density at radius 1 is 0.667 bits per heavy atom. The topological polar surface area (TPSA) is 52.6 Å². The summed E-state index contributed by atoms with van der Waals surface area (Å²) >= 11 is 0. The monoisotopic (exact) mass is 402 g/mol. The van der Waals surface area contributed by atoms with Crippen LogP contribution in [0.25, 0.3) is 0 Å². The molecule has 0 radical (unpaired) electrons. The summed E-state index contributed by atoms with van der Waals surface area (Å²) in [6, 6.07) is 22.9. The number of benzene rings is 3. The molecule has 3 rings (SSSR count). The first-order valence-electron chi connectivity index (χ1n) is 10.3. The van der Waals surface area contributed by atoms with Crippen LogP contribution >= 0.6 is 0 Å². The summed E-state index contributed by atoms with van der Waals surface area (Å²) in [6.45, 7) is 2.16. The minimum Gasteiger partial charge on any atom is -0.423 e. The second-order valence-corrected chi connectivity index (χ2v) is 7.13. The zero-order chi connectivity index (χ0) is 21.2. The van der Waals surface area contributed by atoms with E-state index in [1.807, 2.05) is 12.1 Å². The first-order chi connectivity index (χ1) is 14.7. The molecule has 0 aliphatic rings. The van der Waals surface area contributed by atoms with Gasteiger partial charge in [-0.1, -0.05) is 62.6 Å². The zero-order valence-electron chi connectivity index (χ0n) is 17.2. The van der Waals surface area contributed by atoms with Gasteiger partial charge in [0.1, 0.15) is 11.5 Å². The van der Waals surface area contributed by atoms with Crippen LogP contribution in [0.4, 0.5) is 0 Å². The Labute approximate surface area is 177 Å². The summed E-state index contributed by atoms with van der Waals surface area (Å²) in [7, 11) is 0. The van der Waals surface area contributed by atoms with Crippen molar-refractivity contribution in [1.82, 2.24) is 0 Å². The number of aryl methyl sites for hydroxylation is 1. The molecule has 3 aromatic carbocycles. The van der Waals surface area contributed by atoms with Crippen LogP contribution in [-0.2, 0) is 6.42 Å². The van der Waals surface area contributed by atoms with E-state index in [9.17, 15) is 9.59 Å². The molecule has 0 N–H and O–H groups in total. The van der Waals surface area contributed by atoms with E-state index in [0.29, 0.717) is 22.6 Å². The Hall–Kier alpha value is -3.40. The maximum Gasteiger partial charge on any atom is 0.343 e. The normalized spacial score (nSPS) is 10.4. The molecule has 4 nitrogen and oxygen atoms in total. The number of rotatable bonds is 9. The summed E-state index contributed by atoms with van der Waals surface area (Å²) in [5.74, 6) is -0.0655. The Bertz CT molecular complexity index is 893. The maximum atomic E-state index is 12.7. The van der Waals surface area contributed by atoms with Crippen LogP contribution in [-0.4, -0.2) is 11.9 Å². The zero-order valence-corrected chi connectivity index (χ0v) is 17.2. The minimum atomic E-state index is -0.495. The Balaban J connectivity index is 1.82. The SMILES string of the molecule is CCCCCCc1cc(C(=O)Oc2ccccc2)cc(C(=O)Oc2ccccc2)c1. The van der Waals surface area contributed by atoms with E-state index in [1.165, 1.54) is 12.5 Å². The third-order valence-corrected chi connectivity index (χ3v) is 4.69. The van der Waals surface area contributed by atoms with Crippen LogP contribution in [0.5, 0.6) is 11.5 Å². The van der Waals surface area contributed by atoms with Crippen molar-refractivity contribution in [2.45, 2.75) is 39.0 Å². The van der Waals surface area contributed by atoms with Gasteiger partial charge in [0, 0.05) is 0 Å². The van der Waals surface area contributed by atoms with E-state index in [2.05, 4.69) is 6.92 Å². The number of carbonyl (C=O) groups is 2. The number of hydrogen-bond donors (Lipinski definition) is 0. The van der Waals surface area contributed by atoms with Gasteiger partial charge in [0.2, 0.25) is 0 Å². The lowest BCUT2D eigenvalue weighted by molar-refractivity contribution is 0.0734. The van der Waals surface area contributed by atoms with Crippen LogP contribution < -0.4 is 9.47 Å². The fourth-order valence-corrected chi connectivity index (χ4v) is 3.14. The van der Waals surface area contributed by atoms with Crippen LogP contribution in [0.2, 0.25) is 0 Å². The summed E-state index contributed by atoms with van der Waals surface area (Å²) in [5, 5.41) is 0. The van der Waals surface area contributed by atoms with Crippen molar-refractivity contribution in [2.75, 3.05) is 0 Å². The highest BCUT2D eigenvalue weighted by atomic mass is 16.5. The largest absolute Gasteiger partial charge is 0.423 e.